The Hall–Kier alpha value is -2.34. The fraction of sp³-hybridized carbons (Fsp3) is 0.368. The van der Waals surface area contributed by atoms with Gasteiger partial charge in [-0.05, 0) is 69.5 Å². The zero-order valence-corrected chi connectivity index (χ0v) is 15.5. The Balaban J connectivity index is 1.58. The number of nitrogens with one attached hydrogen (secondary N) is 3. The second kappa shape index (κ2) is 7.27. The van der Waals surface area contributed by atoms with Gasteiger partial charge in [-0.1, -0.05) is 0 Å². The average Bonchev–Trinajstić information content (AvgIpc) is 3.29. The topological polar surface area (TPSA) is 70.2 Å². The predicted octanol–water partition coefficient (Wildman–Crippen LogP) is 4.14. The molecule has 1 aromatic carbocycles. The molecule has 3 amide bonds. The molecule has 0 unspecified atom stereocenters. The number of carbonyl (C=O) groups is 2. The van der Waals surface area contributed by atoms with E-state index in [0.717, 1.165) is 18.4 Å². The normalized spacial score (nSPS) is 14.7. The van der Waals surface area contributed by atoms with Gasteiger partial charge in [0.25, 0.3) is 5.91 Å². The molecular formula is C19H23N3O2S. The van der Waals surface area contributed by atoms with Crippen molar-refractivity contribution >= 4 is 29.0 Å². The molecule has 132 valence electrons. The van der Waals surface area contributed by atoms with Crippen molar-refractivity contribution in [1.82, 2.24) is 10.6 Å². The first kappa shape index (κ1) is 17.5. The van der Waals surface area contributed by atoms with Gasteiger partial charge in [0.2, 0.25) is 0 Å². The van der Waals surface area contributed by atoms with Crippen molar-refractivity contribution in [2.45, 2.75) is 45.7 Å². The van der Waals surface area contributed by atoms with Gasteiger partial charge in [-0.15, -0.1) is 11.3 Å². The molecule has 1 aliphatic carbocycles. The van der Waals surface area contributed by atoms with E-state index in [1.54, 1.807) is 35.6 Å². The highest BCUT2D eigenvalue weighted by Crippen LogP contribution is 2.26. The number of thiophene rings is 1. The van der Waals surface area contributed by atoms with Crippen molar-refractivity contribution in [3.05, 3.63) is 51.2 Å². The molecule has 1 heterocycles. The van der Waals surface area contributed by atoms with Gasteiger partial charge >= 0.3 is 6.03 Å². The molecule has 6 heteroatoms. The maximum absolute atomic E-state index is 12.4. The Kier molecular flexibility index (Phi) is 5.08. The minimum Gasteiger partial charge on any atom is -0.345 e. The van der Waals surface area contributed by atoms with Gasteiger partial charge in [-0.2, -0.15) is 0 Å². The molecular weight excluding hydrogens is 334 g/mol. The number of rotatable bonds is 5. The van der Waals surface area contributed by atoms with Crippen LogP contribution in [0.1, 0.15) is 51.5 Å². The zero-order valence-electron chi connectivity index (χ0n) is 14.7. The summed E-state index contributed by atoms with van der Waals surface area (Å²) in [6.45, 7) is 6.13. The van der Waals surface area contributed by atoms with E-state index in [1.165, 1.54) is 9.75 Å². The van der Waals surface area contributed by atoms with Crippen molar-refractivity contribution in [2.75, 3.05) is 5.32 Å². The van der Waals surface area contributed by atoms with Crippen LogP contribution in [0.3, 0.4) is 0 Å². The van der Waals surface area contributed by atoms with Gasteiger partial charge in [-0.25, -0.2) is 4.79 Å². The zero-order chi connectivity index (χ0) is 18.0. The number of hydrogen-bond donors (Lipinski definition) is 3. The van der Waals surface area contributed by atoms with Crippen molar-refractivity contribution in [2.24, 2.45) is 0 Å². The number of aryl methyl sites for hydroxylation is 2. The van der Waals surface area contributed by atoms with Crippen LogP contribution in [0.15, 0.2) is 30.3 Å². The monoisotopic (exact) mass is 357 g/mol. The van der Waals surface area contributed by atoms with Gasteiger partial charge in [0.05, 0.1) is 6.04 Å². The molecule has 1 aromatic heterocycles. The average molecular weight is 357 g/mol. The fourth-order valence-electron chi connectivity index (χ4n) is 2.72. The summed E-state index contributed by atoms with van der Waals surface area (Å²) in [7, 11) is 0. The highest BCUT2D eigenvalue weighted by Gasteiger charge is 2.23. The van der Waals surface area contributed by atoms with Crippen LogP contribution in [0.4, 0.5) is 10.5 Å². The van der Waals surface area contributed by atoms with E-state index >= 15 is 0 Å². The van der Waals surface area contributed by atoms with Crippen molar-refractivity contribution in [3.8, 4) is 0 Å². The summed E-state index contributed by atoms with van der Waals surface area (Å²) in [5, 5.41) is 8.67. The van der Waals surface area contributed by atoms with Crippen LogP contribution >= 0.6 is 11.3 Å². The van der Waals surface area contributed by atoms with E-state index in [2.05, 4.69) is 35.9 Å². The van der Waals surface area contributed by atoms with Crippen LogP contribution < -0.4 is 16.0 Å². The van der Waals surface area contributed by atoms with E-state index < -0.39 is 0 Å². The number of urea groups is 1. The van der Waals surface area contributed by atoms with Crippen molar-refractivity contribution < 1.29 is 9.59 Å². The third-order valence-corrected chi connectivity index (χ3v) is 5.19. The van der Waals surface area contributed by atoms with E-state index in [-0.39, 0.29) is 18.0 Å². The molecule has 3 rings (SSSR count). The lowest BCUT2D eigenvalue weighted by molar-refractivity contribution is 0.0940. The molecule has 1 saturated carbocycles. The maximum atomic E-state index is 12.4. The Bertz CT molecular complexity index is 778. The Labute approximate surface area is 151 Å². The first-order valence-corrected chi connectivity index (χ1v) is 9.29. The Morgan fingerprint density at radius 2 is 1.84 bits per heavy atom. The highest BCUT2D eigenvalue weighted by molar-refractivity contribution is 7.12. The lowest BCUT2D eigenvalue weighted by Crippen LogP contribution is -2.30. The van der Waals surface area contributed by atoms with Crippen LogP contribution in [-0.2, 0) is 0 Å². The van der Waals surface area contributed by atoms with Crippen LogP contribution in [-0.4, -0.2) is 18.0 Å². The minimum absolute atomic E-state index is 0.0421. The first-order valence-electron chi connectivity index (χ1n) is 8.48. The molecule has 2 aromatic rings. The SMILES string of the molecule is Cc1cc([C@H](C)NC(=O)c2ccc(NC(=O)NC3CC3)cc2)c(C)s1. The van der Waals surface area contributed by atoms with Gasteiger partial charge in [0.15, 0.2) is 0 Å². The smallest absolute Gasteiger partial charge is 0.319 e. The molecule has 0 bridgehead atoms. The molecule has 1 aliphatic rings. The van der Waals surface area contributed by atoms with E-state index in [0.29, 0.717) is 17.3 Å². The summed E-state index contributed by atoms with van der Waals surface area (Å²) in [5.74, 6) is -0.121. The summed E-state index contributed by atoms with van der Waals surface area (Å²) < 4.78 is 0. The second-order valence-electron chi connectivity index (χ2n) is 6.51. The summed E-state index contributed by atoms with van der Waals surface area (Å²) >= 11 is 1.74. The Morgan fingerprint density at radius 3 is 2.40 bits per heavy atom. The third-order valence-electron chi connectivity index (χ3n) is 4.21. The first-order chi connectivity index (χ1) is 11.9. The number of benzene rings is 1. The molecule has 1 fully saturated rings. The van der Waals surface area contributed by atoms with Crippen molar-refractivity contribution in [1.29, 1.82) is 0 Å². The molecule has 0 aliphatic heterocycles. The second-order valence-corrected chi connectivity index (χ2v) is 7.97. The largest absolute Gasteiger partial charge is 0.345 e. The molecule has 0 spiro atoms. The van der Waals surface area contributed by atoms with E-state index in [4.69, 9.17) is 0 Å². The lowest BCUT2D eigenvalue weighted by atomic mass is 10.1. The van der Waals surface area contributed by atoms with Crippen LogP contribution in [0, 0.1) is 13.8 Å². The fourth-order valence-corrected chi connectivity index (χ4v) is 3.75. The summed E-state index contributed by atoms with van der Waals surface area (Å²) in [6.07, 6.45) is 2.10. The van der Waals surface area contributed by atoms with E-state index in [1.807, 2.05) is 6.92 Å². The van der Waals surface area contributed by atoms with E-state index in [9.17, 15) is 9.59 Å². The third kappa shape index (κ3) is 4.60. The summed E-state index contributed by atoms with van der Waals surface area (Å²) in [4.78, 5) is 26.6. The molecule has 0 saturated heterocycles. The Morgan fingerprint density at radius 1 is 1.16 bits per heavy atom. The molecule has 1 atom stereocenters. The minimum atomic E-state index is -0.198. The predicted molar refractivity (Wildman–Crippen MR) is 101 cm³/mol. The van der Waals surface area contributed by atoms with Gasteiger partial charge in [0.1, 0.15) is 0 Å². The molecule has 25 heavy (non-hydrogen) atoms. The van der Waals surface area contributed by atoms with Gasteiger partial charge in [-0.3, -0.25) is 4.79 Å². The number of anilines is 1. The van der Waals surface area contributed by atoms with Crippen molar-refractivity contribution in [3.63, 3.8) is 0 Å². The maximum Gasteiger partial charge on any atom is 0.319 e. The van der Waals surface area contributed by atoms with Crippen LogP contribution in [0.5, 0.6) is 0 Å². The molecule has 3 N–H and O–H groups in total. The van der Waals surface area contributed by atoms with Gasteiger partial charge < -0.3 is 16.0 Å². The molecule has 5 nitrogen and oxygen atoms in total. The quantitative estimate of drug-likeness (QED) is 0.753. The van der Waals surface area contributed by atoms with Crippen LogP contribution in [0.25, 0.3) is 0 Å². The lowest BCUT2D eigenvalue weighted by Gasteiger charge is -2.14. The number of hydrogen-bond acceptors (Lipinski definition) is 3. The summed E-state index contributed by atoms with van der Waals surface area (Å²) in [6, 6.07) is 9.13. The summed E-state index contributed by atoms with van der Waals surface area (Å²) in [5.41, 5.74) is 2.41. The standard InChI is InChI=1S/C19H23N3O2S/c1-11-10-17(13(3)25-11)12(2)20-18(23)14-4-6-15(7-5-14)21-19(24)22-16-8-9-16/h4-7,10,12,16H,8-9H2,1-3H3,(H,20,23)(H2,21,22,24)/t12-/m0/s1. The molecule has 0 radical (unpaired) electrons. The highest BCUT2D eigenvalue weighted by atomic mass is 32.1. The van der Waals surface area contributed by atoms with Crippen LogP contribution in [0.2, 0.25) is 0 Å². The number of carbonyl (C=O) groups excluding carboxylic acids is 2. The van der Waals surface area contributed by atoms with Gasteiger partial charge in [0, 0.05) is 27.0 Å². The number of amides is 3.